The van der Waals surface area contributed by atoms with E-state index in [9.17, 15) is 0 Å². The minimum Gasteiger partial charge on any atom is -0.378 e. The van der Waals surface area contributed by atoms with Gasteiger partial charge in [0.05, 0.1) is 18.8 Å². The van der Waals surface area contributed by atoms with E-state index in [-0.39, 0.29) is 6.10 Å². The Balaban J connectivity index is 2.59. The summed E-state index contributed by atoms with van der Waals surface area (Å²) in [6.07, 6.45) is 2.57. The van der Waals surface area contributed by atoms with Crippen molar-refractivity contribution in [1.29, 1.82) is 5.26 Å². The third kappa shape index (κ3) is 2.43. The normalized spacial score (nSPS) is 34.1. The van der Waals surface area contributed by atoms with Crippen molar-refractivity contribution in [2.24, 2.45) is 0 Å². The highest BCUT2D eigenvalue weighted by atomic mass is 16.5. The summed E-state index contributed by atoms with van der Waals surface area (Å²) in [4.78, 5) is 0. The van der Waals surface area contributed by atoms with Gasteiger partial charge in [0.1, 0.15) is 0 Å². The quantitative estimate of drug-likeness (QED) is 0.670. The largest absolute Gasteiger partial charge is 0.378 e. The van der Waals surface area contributed by atoms with Gasteiger partial charge in [0.15, 0.2) is 5.60 Å². The smallest absolute Gasteiger partial charge is 0.158 e. The molecule has 0 spiro atoms. The molecule has 13 heavy (non-hydrogen) atoms. The number of hydrogen-bond acceptors (Lipinski definition) is 3. The summed E-state index contributed by atoms with van der Waals surface area (Å²) in [5.74, 6) is 0. The third-order valence-electron chi connectivity index (χ3n) is 2.50. The van der Waals surface area contributed by atoms with E-state index in [0.29, 0.717) is 26.1 Å². The molecular weight excluding hydrogens is 166 g/mol. The third-order valence-corrected chi connectivity index (χ3v) is 2.50. The van der Waals surface area contributed by atoms with Crippen LogP contribution in [0.15, 0.2) is 0 Å². The molecule has 0 aromatic carbocycles. The molecule has 74 valence electrons. The van der Waals surface area contributed by atoms with Gasteiger partial charge in [-0.2, -0.15) is 5.26 Å². The van der Waals surface area contributed by atoms with Crippen LogP contribution in [0.4, 0.5) is 0 Å². The van der Waals surface area contributed by atoms with Crippen LogP contribution in [0, 0.1) is 11.3 Å². The molecule has 0 amide bonds. The van der Waals surface area contributed by atoms with Crippen molar-refractivity contribution < 1.29 is 9.47 Å². The lowest BCUT2D eigenvalue weighted by molar-refractivity contribution is -0.106. The van der Waals surface area contributed by atoms with E-state index in [1.165, 1.54) is 0 Å². The Morgan fingerprint density at radius 2 is 2.38 bits per heavy atom. The molecule has 0 N–H and O–H groups in total. The van der Waals surface area contributed by atoms with Crippen LogP contribution in [-0.4, -0.2) is 24.9 Å². The highest BCUT2D eigenvalue weighted by Gasteiger charge is 2.37. The summed E-state index contributed by atoms with van der Waals surface area (Å²) in [7, 11) is 0. The van der Waals surface area contributed by atoms with Crippen LogP contribution in [0.2, 0.25) is 0 Å². The Bertz CT molecular complexity index is 196. The molecular formula is C10H17NO2. The Labute approximate surface area is 79.6 Å². The van der Waals surface area contributed by atoms with Crippen LogP contribution in [0.5, 0.6) is 0 Å². The molecule has 3 heteroatoms. The average Bonchev–Trinajstić information content (AvgIpc) is 2.19. The van der Waals surface area contributed by atoms with E-state index < -0.39 is 5.60 Å². The van der Waals surface area contributed by atoms with Crippen molar-refractivity contribution in [3.05, 3.63) is 0 Å². The van der Waals surface area contributed by atoms with Crippen molar-refractivity contribution >= 4 is 0 Å². The summed E-state index contributed by atoms with van der Waals surface area (Å²) in [5.41, 5.74) is -0.576. The SMILES string of the molecule is CCOC1(C#N)CCOC(CC)C1. The van der Waals surface area contributed by atoms with Gasteiger partial charge in [-0.1, -0.05) is 6.92 Å². The maximum absolute atomic E-state index is 9.06. The second-order valence-electron chi connectivity index (χ2n) is 3.39. The van der Waals surface area contributed by atoms with Crippen LogP contribution in [0.3, 0.4) is 0 Å². The Hall–Kier alpha value is -0.590. The number of rotatable bonds is 3. The van der Waals surface area contributed by atoms with Crippen LogP contribution >= 0.6 is 0 Å². The van der Waals surface area contributed by atoms with Crippen molar-refractivity contribution in [1.82, 2.24) is 0 Å². The standard InChI is InChI=1S/C10H17NO2/c1-3-9-7-10(8-11,13-4-2)5-6-12-9/h9H,3-7H2,1-2H3. The average molecular weight is 183 g/mol. The fourth-order valence-electron chi connectivity index (χ4n) is 1.72. The maximum Gasteiger partial charge on any atom is 0.158 e. The molecule has 0 radical (unpaired) electrons. The minimum atomic E-state index is -0.576. The number of hydrogen-bond donors (Lipinski definition) is 0. The first-order valence-electron chi connectivity index (χ1n) is 4.93. The number of ether oxygens (including phenoxy) is 2. The van der Waals surface area contributed by atoms with E-state index in [4.69, 9.17) is 14.7 Å². The van der Waals surface area contributed by atoms with Gasteiger partial charge in [0.25, 0.3) is 0 Å². The molecule has 2 unspecified atom stereocenters. The van der Waals surface area contributed by atoms with E-state index in [1.54, 1.807) is 0 Å². The molecule has 1 fully saturated rings. The highest BCUT2D eigenvalue weighted by molar-refractivity contribution is 5.04. The zero-order valence-corrected chi connectivity index (χ0v) is 8.38. The fraction of sp³-hybridized carbons (Fsp3) is 0.900. The van der Waals surface area contributed by atoms with Gasteiger partial charge in [-0.15, -0.1) is 0 Å². The topological polar surface area (TPSA) is 42.2 Å². The molecule has 1 aliphatic rings. The fourth-order valence-corrected chi connectivity index (χ4v) is 1.72. The van der Waals surface area contributed by atoms with Gasteiger partial charge in [-0.3, -0.25) is 0 Å². The molecule has 0 bridgehead atoms. The van der Waals surface area contributed by atoms with Gasteiger partial charge < -0.3 is 9.47 Å². The van der Waals surface area contributed by atoms with E-state index in [0.717, 1.165) is 6.42 Å². The lowest BCUT2D eigenvalue weighted by atomic mass is 9.90. The summed E-state index contributed by atoms with van der Waals surface area (Å²) < 4.78 is 11.0. The number of nitrogens with zero attached hydrogens (tertiary/aromatic N) is 1. The van der Waals surface area contributed by atoms with Crippen LogP contribution < -0.4 is 0 Å². The second-order valence-corrected chi connectivity index (χ2v) is 3.39. The van der Waals surface area contributed by atoms with Gasteiger partial charge in [-0.25, -0.2) is 0 Å². The molecule has 1 rings (SSSR count). The van der Waals surface area contributed by atoms with E-state index >= 15 is 0 Å². The van der Waals surface area contributed by atoms with Crippen LogP contribution in [0.25, 0.3) is 0 Å². The molecule has 2 atom stereocenters. The van der Waals surface area contributed by atoms with Crippen LogP contribution in [0.1, 0.15) is 33.1 Å². The van der Waals surface area contributed by atoms with Gasteiger partial charge in [-0.05, 0) is 13.3 Å². The lowest BCUT2D eigenvalue weighted by Gasteiger charge is -2.35. The summed E-state index contributed by atoms with van der Waals surface area (Å²) in [6, 6.07) is 2.28. The zero-order chi connectivity index (χ0) is 9.73. The number of nitriles is 1. The van der Waals surface area contributed by atoms with Gasteiger partial charge in [0, 0.05) is 19.4 Å². The Kier molecular flexibility index (Phi) is 3.71. The van der Waals surface area contributed by atoms with Gasteiger partial charge >= 0.3 is 0 Å². The minimum absolute atomic E-state index is 0.194. The molecule has 0 aromatic rings. The Morgan fingerprint density at radius 3 is 2.92 bits per heavy atom. The molecule has 0 saturated carbocycles. The molecule has 1 saturated heterocycles. The van der Waals surface area contributed by atoms with Crippen molar-refractivity contribution in [3.8, 4) is 6.07 Å². The summed E-state index contributed by atoms with van der Waals surface area (Å²) in [5, 5.41) is 9.06. The summed E-state index contributed by atoms with van der Waals surface area (Å²) >= 11 is 0. The van der Waals surface area contributed by atoms with Crippen LogP contribution in [-0.2, 0) is 9.47 Å². The van der Waals surface area contributed by atoms with Crippen molar-refractivity contribution in [2.45, 2.75) is 44.8 Å². The second kappa shape index (κ2) is 4.59. The molecule has 0 aliphatic carbocycles. The first kappa shape index (κ1) is 10.5. The molecule has 3 nitrogen and oxygen atoms in total. The maximum atomic E-state index is 9.06. The predicted molar refractivity (Wildman–Crippen MR) is 49.2 cm³/mol. The molecule has 1 aliphatic heterocycles. The monoisotopic (exact) mass is 183 g/mol. The molecule has 1 heterocycles. The molecule has 0 aromatic heterocycles. The lowest BCUT2D eigenvalue weighted by Crippen LogP contribution is -2.41. The highest BCUT2D eigenvalue weighted by Crippen LogP contribution is 2.29. The van der Waals surface area contributed by atoms with Crippen molar-refractivity contribution in [2.75, 3.05) is 13.2 Å². The predicted octanol–water partition coefficient (Wildman–Crippen LogP) is 1.87. The van der Waals surface area contributed by atoms with E-state index in [2.05, 4.69) is 13.0 Å². The van der Waals surface area contributed by atoms with Gasteiger partial charge in [0.2, 0.25) is 0 Å². The summed E-state index contributed by atoms with van der Waals surface area (Å²) in [6.45, 7) is 5.25. The Morgan fingerprint density at radius 1 is 1.62 bits per heavy atom. The first-order valence-corrected chi connectivity index (χ1v) is 4.93. The first-order chi connectivity index (χ1) is 6.26. The zero-order valence-electron chi connectivity index (χ0n) is 8.38. The van der Waals surface area contributed by atoms with E-state index in [1.807, 2.05) is 6.92 Å². The van der Waals surface area contributed by atoms with Crippen molar-refractivity contribution in [3.63, 3.8) is 0 Å².